The van der Waals surface area contributed by atoms with Crippen molar-refractivity contribution in [2.75, 3.05) is 31.2 Å². The molecular weight excluding hydrogens is 401 g/mol. The van der Waals surface area contributed by atoms with E-state index in [1.807, 2.05) is 0 Å². The van der Waals surface area contributed by atoms with Crippen LogP contribution in [0.1, 0.15) is 37.7 Å². The number of ether oxygens (including phenoxy) is 1. The van der Waals surface area contributed by atoms with E-state index in [0.29, 0.717) is 31.4 Å². The van der Waals surface area contributed by atoms with Gasteiger partial charge in [0.05, 0.1) is 11.5 Å². The molecule has 10 heteroatoms. The number of hydrogen-bond acceptors (Lipinski definition) is 6. The molecule has 1 fully saturated rings. The minimum atomic E-state index is -3.32. The van der Waals surface area contributed by atoms with Gasteiger partial charge in [0.2, 0.25) is 5.91 Å². The Hall–Kier alpha value is -2.67. The lowest BCUT2D eigenvalue weighted by Gasteiger charge is -2.15. The van der Waals surface area contributed by atoms with E-state index in [4.69, 9.17) is 10.00 Å². The van der Waals surface area contributed by atoms with Gasteiger partial charge in [-0.1, -0.05) is 19.4 Å². The van der Waals surface area contributed by atoms with Gasteiger partial charge in [-0.3, -0.25) is 10.1 Å². The number of rotatable bonds is 11. The van der Waals surface area contributed by atoms with Crippen LogP contribution in [0, 0.1) is 17.1 Å². The molecule has 0 aromatic heterocycles. The topological polar surface area (TPSA) is 117 Å². The number of halogens is 1. The minimum Gasteiger partial charge on any atom is -0.476 e. The van der Waals surface area contributed by atoms with Crippen molar-refractivity contribution in [3.63, 3.8) is 0 Å². The highest BCUT2D eigenvalue weighted by atomic mass is 32.2. The van der Waals surface area contributed by atoms with Crippen molar-refractivity contribution in [3.05, 3.63) is 29.6 Å². The van der Waals surface area contributed by atoms with Crippen molar-refractivity contribution in [1.29, 1.82) is 5.26 Å². The maximum atomic E-state index is 13.7. The summed E-state index contributed by atoms with van der Waals surface area (Å²) in [6, 6.07) is 5.49. The van der Waals surface area contributed by atoms with Gasteiger partial charge in [0, 0.05) is 6.54 Å². The number of hydrogen-bond donors (Lipinski definition) is 1. The normalized spacial score (nSPS) is 15.1. The van der Waals surface area contributed by atoms with Gasteiger partial charge >= 0.3 is 6.03 Å². The molecule has 1 saturated heterocycles. The average molecular weight is 425 g/mol. The van der Waals surface area contributed by atoms with Gasteiger partial charge in [-0.2, -0.15) is 5.26 Å². The number of imide groups is 1. The molecule has 2 rings (SSSR count). The maximum absolute atomic E-state index is 13.7. The number of sulfone groups is 1. The molecule has 0 aliphatic carbocycles. The Bertz CT molecular complexity index is 898. The highest BCUT2D eigenvalue weighted by Crippen LogP contribution is 2.25. The van der Waals surface area contributed by atoms with Gasteiger partial charge in [-0.15, -0.1) is 0 Å². The van der Waals surface area contributed by atoms with E-state index in [9.17, 15) is 22.4 Å². The summed E-state index contributed by atoms with van der Waals surface area (Å²) in [5, 5.41) is 10.7. The SMILES string of the molecule is C[C@@H](CS(=O)(=O)CCCCCN1CC(=O)NC1=O)c1ccc(F)c(OCC#N)c1. The van der Waals surface area contributed by atoms with Gasteiger partial charge in [0.25, 0.3) is 0 Å². The van der Waals surface area contributed by atoms with Gasteiger partial charge in [-0.05, 0) is 36.5 Å². The number of nitrogens with zero attached hydrogens (tertiary/aromatic N) is 2. The molecule has 3 amide bonds. The summed E-state index contributed by atoms with van der Waals surface area (Å²) < 4.78 is 43.5. The van der Waals surface area contributed by atoms with Crippen molar-refractivity contribution in [1.82, 2.24) is 10.2 Å². The second-order valence-electron chi connectivity index (χ2n) is 6.99. The number of urea groups is 1. The largest absolute Gasteiger partial charge is 0.476 e. The summed E-state index contributed by atoms with van der Waals surface area (Å²) in [5.74, 6) is -1.43. The number of carbonyl (C=O) groups excluding carboxylic acids is 2. The Balaban J connectivity index is 1.79. The average Bonchev–Trinajstić information content (AvgIpc) is 2.97. The molecule has 1 aliphatic rings. The van der Waals surface area contributed by atoms with Crippen molar-refractivity contribution >= 4 is 21.8 Å². The first-order valence-corrected chi connectivity index (χ1v) is 11.1. The number of nitrogens with one attached hydrogen (secondary N) is 1. The second kappa shape index (κ2) is 10.2. The Kier molecular flexibility index (Phi) is 7.96. The van der Waals surface area contributed by atoms with Gasteiger partial charge < -0.3 is 9.64 Å². The van der Waals surface area contributed by atoms with Crippen LogP contribution < -0.4 is 10.1 Å². The molecule has 8 nitrogen and oxygen atoms in total. The fourth-order valence-corrected chi connectivity index (χ4v) is 4.84. The first kappa shape index (κ1) is 22.6. The quantitative estimate of drug-likeness (QED) is 0.428. The first-order chi connectivity index (χ1) is 13.7. The summed E-state index contributed by atoms with van der Waals surface area (Å²) >= 11 is 0. The van der Waals surface area contributed by atoms with Crippen LogP contribution in [0.4, 0.5) is 9.18 Å². The molecule has 1 N–H and O–H groups in total. The first-order valence-electron chi connectivity index (χ1n) is 9.30. The summed E-state index contributed by atoms with van der Waals surface area (Å²) in [6.45, 7) is 1.91. The summed E-state index contributed by atoms with van der Waals surface area (Å²) in [7, 11) is -3.32. The van der Waals surface area contributed by atoms with Gasteiger partial charge in [0.15, 0.2) is 28.0 Å². The van der Waals surface area contributed by atoms with Crippen molar-refractivity contribution in [2.45, 2.75) is 32.1 Å². The Labute approximate surface area is 169 Å². The Morgan fingerprint density at radius 2 is 2.07 bits per heavy atom. The lowest BCUT2D eigenvalue weighted by atomic mass is 10.0. The molecule has 29 heavy (non-hydrogen) atoms. The van der Waals surface area contributed by atoms with E-state index in [1.54, 1.807) is 13.0 Å². The molecule has 1 aromatic rings. The van der Waals surface area contributed by atoms with Crippen LogP contribution in [0.3, 0.4) is 0 Å². The zero-order chi connectivity index (χ0) is 21.4. The monoisotopic (exact) mass is 425 g/mol. The van der Waals surface area contributed by atoms with Crippen molar-refractivity contribution in [3.8, 4) is 11.8 Å². The highest BCUT2D eigenvalue weighted by molar-refractivity contribution is 7.91. The second-order valence-corrected chi connectivity index (χ2v) is 9.22. The smallest absolute Gasteiger partial charge is 0.324 e. The Morgan fingerprint density at radius 3 is 2.72 bits per heavy atom. The number of amides is 3. The van der Waals surface area contributed by atoms with Crippen LogP contribution in [0.5, 0.6) is 5.75 Å². The number of benzene rings is 1. The van der Waals surface area contributed by atoms with Crippen LogP contribution >= 0.6 is 0 Å². The standard InChI is InChI=1S/C19H24FN3O5S/c1-14(15-5-6-16(20)17(11-15)28-9-7-21)13-29(26,27)10-4-2-3-8-23-12-18(24)22-19(23)25/h5-6,11,14H,2-4,8-10,12-13H2,1H3,(H,22,24,25)/t14-/m0/s1. The maximum Gasteiger partial charge on any atom is 0.324 e. The molecule has 1 aliphatic heterocycles. The third-order valence-corrected chi connectivity index (χ3v) is 6.49. The lowest BCUT2D eigenvalue weighted by molar-refractivity contribution is -0.118. The van der Waals surface area contributed by atoms with E-state index in [1.165, 1.54) is 23.1 Å². The van der Waals surface area contributed by atoms with Crippen molar-refractivity contribution < 1.29 is 27.1 Å². The summed E-state index contributed by atoms with van der Waals surface area (Å²) in [4.78, 5) is 23.9. The fourth-order valence-electron chi connectivity index (χ4n) is 3.07. The third kappa shape index (κ3) is 7.02. The molecule has 1 atom stereocenters. The molecule has 0 radical (unpaired) electrons. The van der Waals surface area contributed by atoms with E-state index < -0.39 is 21.7 Å². The number of unbranched alkanes of at least 4 members (excludes halogenated alkanes) is 2. The van der Waals surface area contributed by atoms with E-state index in [-0.39, 0.29) is 42.2 Å². The van der Waals surface area contributed by atoms with E-state index in [2.05, 4.69) is 5.32 Å². The van der Waals surface area contributed by atoms with Crippen LogP contribution in [0.2, 0.25) is 0 Å². The van der Waals surface area contributed by atoms with Crippen LogP contribution in [0.15, 0.2) is 18.2 Å². The van der Waals surface area contributed by atoms with E-state index >= 15 is 0 Å². The number of nitriles is 1. The molecule has 0 unspecified atom stereocenters. The van der Waals surface area contributed by atoms with Gasteiger partial charge in [0.1, 0.15) is 12.6 Å². The van der Waals surface area contributed by atoms with Crippen LogP contribution in [-0.4, -0.2) is 56.5 Å². The lowest BCUT2D eigenvalue weighted by Crippen LogP contribution is -2.29. The zero-order valence-electron chi connectivity index (χ0n) is 16.2. The Morgan fingerprint density at radius 1 is 1.31 bits per heavy atom. The summed E-state index contributed by atoms with van der Waals surface area (Å²) in [5.41, 5.74) is 0.618. The predicted molar refractivity (Wildman–Crippen MR) is 104 cm³/mol. The number of carbonyl (C=O) groups is 2. The minimum absolute atomic E-state index is 0.0153. The highest BCUT2D eigenvalue weighted by Gasteiger charge is 2.25. The van der Waals surface area contributed by atoms with Crippen LogP contribution in [0.25, 0.3) is 0 Å². The molecule has 1 heterocycles. The van der Waals surface area contributed by atoms with Gasteiger partial charge in [-0.25, -0.2) is 17.6 Å². The van der Waals surface area contributed by atoms with Crippen LogP contribution in [-0.2, 0) is 14.6 Å². The molecular formula is C19H24FN3O5S. The molecule has 0 saturated carbocycles. The molecule has 158 valence electrons. The van der Waals surface area contributed by atoms with E-state index in [0.717, 1.165) is 0 Å². The predicted octanol–water partition coefficient (Wildman–Crippen LogP) is 1.97. The third-order valence-electron chi connectivity index (χ3n) is 4.57. The molecule has 0 spiro atoms. The summed E-state index contributed by atoms with van der Waals surface area (Å²) in [6.07, 6.45) is 1.69. The zero-order valence-corrected chi connectivity index (χ0v) is 17.0. The molecule has 0 bridgehead atoms. The molecule has 1 aromatic carbocycles. The van der Waals surface area contributed by atoms with Crippen molar-refractivity contribution in [2.24, 2.45) is 0 Å². The fraction of sp³-hybridized carbons (Fsp3) is 0.526.